The lowest BCUT2D eigenvalue weighted by molar-refractivity contribution is -0.121. The van der Waals surface area contributed by atoms with Crippen LogP contribution in [0.3, 0.4) is 0 Å². The number of rotatable bonds is 7. The Hall–Kier alpha value is -0.610. The van der Waals surface area contributed by atoms with Gasteiger partial charge in [0.25, 0.3) is 0 Å². The standard InChI is InChI=1S/C16H31N5O2.HI/c1-17-16(19-8-9-21-10-12-23-13-11-21)18-7-6-15(22)20-14-4-2-3-5-14;/h14H,2-13H2,1H3,(H,20,22)(H2,17,18,19);1H. The monoisotopic (exact) mass is 453 g/mol. The zero-order valence-electron chi connectivity index (χ0n) is 14.7. The molecule has 140 valence electrons. The Morgan fingerprint density at radius 2 is 1.83 bits per heavy atom. The molecule has 2 aliphatic rings. The number of amides is 1. The second-order valence-corrected chi connectivity index (χ2v) is 6.18. The van der Waals surface area contributed by atoms with E-state index >= 15 is 0 Å². The molecule has 1 heterocycles. The number of ether oxygens (including phenoxy) is 1. The summed E-state index contributed by atoms with van der Waals surface area (Å²) in [5, 5.41) is 9.59. The highest BCUT2D eigenvalue weighted by Gasteiger charge is 2.16. The molecule has 2 fully saturated rings. The molecule has 0 aromatic rings. The maximum Gasteiger partial charge on any atom is 0.221 e. The number of guanidine groups is 1. The first kappa shape index (κ1) is 21.4. The van der Waals surface area contributed by atoms with Crippen molar-refractivity contribution < 1.29 is 9.53 Å². The smallest absolute Gasteiger partial charge is 0.221 e. The third-order valence-electron chi connectivity index (χ3n) is 4.41. The number of morpholine rings is 1. The van der Waals surface area contributed by atoms with E-state index in [2.05, 4.69) is 25.8 Å². The van der Waals surface area contributed by atoms with Crippen LogP contribution >= 0.6 is 24.0 Å². The number of aliphatic imine (C=N–C) groups is 1. The van der Waals surface area contributed by atoms with Crippen LogP contribution in [0, 0.1) is 0 Å². The van der Waals surface area contributed by atoms with Crippen molar-refractivity contribution >= 4 is 35.8 Å². The van der Waals surface area contributed by atoms with E-state index in [9.17, 15) is 4.79 Å². The molecule has 0 aromatic carbocycles. The molecule has 1 amide bonds. The van der Waals surface area contributed by atoms with Gasteiger partial charge in [0.2, 0.25) is 5.91 Å². The summed E-state index contributed by atoms with van der Waals surface area (Å²) < 4.78 is 5.34. The molecule has 1 saturated carbocycles. The second-order valence-electron chi connectivity index (χ2n) is 6.18. The summed E-state index contributed by atoms with van der Waals surface area (Å²) in [4.78, 5) is 18.4. The molecule has 1 aliphatic carbocycles. The zero-order chi connectivity index (χ0) is 16.3. The molecule has 0 atom stereocenters. The summed E-state index contributed by atoms with van der Waals surface area (Å²) in [5.74, 6) is 0.889. The van der Waals surface area contributed by atoms with Crippen molar-refractivity contribution in [1.29, 1.82) is 0 Å². The van der Waals surface area contributed by atoms with Gasteiger partial charge < -0.3 is 20.7 Å². The fourth-order valence-electron chi connectivity index (χ4n) is 3.04. The predicted molar refractivity (Wildman–Crippen MR) is 107 cm³/mol. The molecule has 1 aliphatic heterocycles. The lowest BCUT2D eigenvalue weighted by Gasteiger charge is -2.26. The Bertz CT molecular complexity index is 383. The fraction of sp³-hybridized carbons (Fsp3) is 0.875. The van der Waals surface area contributed by atoms with Crippen molar-refractivity contribution in [3.8, 4) is 0 Å². The molecule has 0 spiro atoms. The molecule has 8 heteroatoms. The highest BCUT2D eigenvalue weighted by Crippen LogP contribution is 2.17. The molecule has 3 N–H and O–H groups in total. The Morgan fingerprint density at radius 3 is 2.50 bits per heavy atom. The Balaban J connectivity index is 0.00000288. The van der Waals surface area contributed by atoms with E-state index in [1.54, 1.807) is 7.05 Å². The van der Waals surface area contributed by atoms with E-state index in [-0.39, 0.29) is 29.9 Å². The van der Waals surface area contributed by atoms with Crippen molar-refractivity contribution in [2.24, 2.45) is 4.99 Å². The number of carbonyl (C=O) groups excluding carboxylic acids is 1. The second kappa shape index (κ2) is 12.7. The van der Waals surface area contributed by atoms with E-state index in [0.717, 1.165) is 58.2 Å². The molecule has 1 saturated heterocycles. The van der Waals surface area contributed by atoms with E-state index in [4.69, 9.17) is 4.74 Å². The number of halogens is 1. The third kappa shape index (κ3) is 8.48. The van der Waals surface area contributed by atoms with Crippen LogP contribution in [0.5, 0.6) is 0 Å². The van der Waals surface area contributed by atoms with Gasteiger partial charge in [0.15, 0.2) is 5.96 Å². The molecule has 0 radical (unpaired) electrons. The zero-order valence-corrected chi connectivity index (χ0v) is 17.0. The third-order valence-corrected chi connectivity index (χ3v) is 4.41. The highest BCUT2D eigenvalue weighted by molar-refractivity contribution is 14.0. The van der Waals surface area contributed by atoms with Crippen molar-refractivity contribution in [3.63, 3.8) is 0 Å². The molecular weight excluding hydrogens is 421 g/mol. The number of carbonyl (C=O) groups is 1. The number of hydrogen-bond acceptors (Lipinski definition) is 4. The summed E-state index contributed by atoms with van der Waals surface area (Å²) in [7, 11) is 1.75. The molecule has 2 rings (SSSR count). The summed E-state index contributed by atoms with van der Waals surface area (Å²) in [6, 6.07) is 0.397. The molecule has 0 bridgehead atoms. The van der Waals surface area contributed by atoms with Gasteiger partial charge in [0, 0.05) is 52.2 Å². The van der Waals surface area contributed by atoms with Gasteiger partial charge >= 0.3 is 0 Å². The van der Waals surface area contributed by atoms with Crippen LogP contribution in [0.1, 0.15) is 32.1 Å². The summed E-state index contributed by atoms with van der Waals surface area (Å²) in [6.07, 6.45) is 5.22. The van der Waals surface area contributed by atoms with Gasteiger partial charge in [-0.05, 0) is 12.8 Å². The fourth-order valence-corrected chi connectivity index (χ4v) is 3.04. The van der Waals surface area contributed by atoms with Gasteiger partial charge in [-0.2, -0.15) is 0 Å². The first-order valence-corrected chi connectivity index (χ1v) is 8.82. The van der Waals surface area contributed by atoms with Gasteiger partial charge in [0.1, 0.15) is 0 Å². The lowest BCUT2D eigenvalue weighted by atomic mass is 10.2. The maximum atomic E-state index is 11.9. The van der Waals surface area contributed by atoms with Crippen molar-refractivity contribution in [2.45, 2.75) is 38.1 Å². The molecule has 0 unspecified atom stereocenters. The van der Waals surface area contributed by atoms with Crippen molar-refractivity contribution in [2.75, 3.05) is 53.0 Å². The summed E-state index contributed by atoms with van der Waals surface area (Å²) >= 11 is 0. The Morgan fingerprint density at radius 1 is 1.17 bits per heavy atom. The van der Waals surface area contributed by atoms with Crippen LogP contribution in [0.2, 0.25) is 0 Å². The number of nitrogens with one attached hydrogen (secondary N) is 3. The minimum Gasteiger partial charge on any atom is -0.379 e. The average molecular weight is 453 g/mol. The first-order chi connectivity index (χ1) is 11.3. The van der Waals surface area contributed by atoms with Gasteiger partial charge in [-0.3, -0.25) is 14.7 Å². The normalized spacial score (nSPS) is 19.6. The highest BCUT2D eigenvalue weighted by atomic mass is 127. The van der Waals surface area contributed by atoms with E-state index in [0.29, 0.717) is 19.0 Å². The first-order valence-electron chi connectivity index (χ1n) is 8.82. The van der Waals surface area contributed by atoms with Gasteiger partial charge in [-0.25, -0.2) is 0 Å². The van der Waals surface area contributed by atoms with Crippen LogP contribution in [0.15, 0.2) is 4.99 Å². The molecule has 7 nitrogen and oxygen atoms in total. The Labute approximate surface area is 162 Å². The largest absolute Gasteiger partial charge is 0.379 e. The Kier molecular flexibility index (Phi) is 11.4. The topological polar surface area (TPSA) is 78.0 Å². The lowest BCUT2D eigenvalue weighted by Crippen LogP contribution is -2.45. The van der Waals surface area contributed by atoms with Crippen LogP contribution in [-0.2, 0) is 9.53 Å². The van der Waals surface area contributed by atoms with Crippen LogP contribution < -0.4 is 16.0 Å². The minimum atomic E-state index is 0. The van der Waals surface area contributed by atoms with Gasteiger partial charge in [-0.1, -0.05) is 12.8 Å². The summed E-state index contributed by atoms with van der Waals surface area (Å²) in [6.45, 7) is 6.06. The van der Waals surface area contributed by atoms with Gasteiger partial charge in [-0.15, -0.1) is 24.0 Å². The average Bonchev–Trinajstić information content (AvgIpc) is 3.07. The van der Waals surface area contributed by atoms with E-state index in [1.807, 2.05) is 0 Å². The van der Waals surface area contributed by atoms with Crippen LogP contribution in [-0.4, -0.2) is 75.8 Å². The molecular formula is C16H32IN5O2. The van der Waals surface area contributed by atoms with E-state index in [1.165, 1.54) is 12.8 Å². The minimum absolute atomic E-state index is 0. The number of hydrogen-bond donors (Lipinski definition) is 3. The predicted octanol–water partition coefficient (Wildman–Crippen LogP) is 0.551. The van der Waals surface area contributed by atoms with Crippen LogP contribution in [0.4, 0.5) is 0 Å². The molecule has 0 aromatic heterocycles. The molecule has 24 heavy (non-hydrogen) atoms. The van der Waals surface area contributed by atoms with Crippen LogP contribution in [0.25, 0.3) is 0 Å². The maximum absolute atomic E-state index is 11.9. The van der Waals surface area contributed by atoms with Crippen molar-refractivity contribution in [1.82, 2.24) is 20.9 Å². The number of nitrogens with zero attached hydrogens (tertiary/aromatic N) is 2. The van der Waals surface area contributed by atoms with E-state index < -0.39 is 0 Å². The SMILES string of the molecule is CN=C(NCCC(=O)NC1CCCC1)NCCN1CCOCC1.I. The van der Waals surface area contributed by atoms with Crippen molar-refractivity contribution in [3.05, 3.63) is 0 Å². The quantitative estimate of drug-likeness (QED) is 0.298. The van der Waals surface area contributed by atoms with Gasteiger partial charge in [0.05, 0.1) is 13.2 Å². The summed E-state index contributed by atoms with van der Waals surface area (Å²) in [5.41, 5.74) is 0.